The Bertz CT molecular complexity index is 483. The van der Waals surface area contributed by atoms with Crippen LogP contribution in [0.15, 0.2) is 24.7 Å². The molecule has 0 aromatic carbocycles. The smallest absolute Gasteiger partial charge is 0.229 e. The Morgan fingerprint density at radius 2 is 2.29 bits per heavy atom. The van der Waals surface area contributed by atoms with Crippen molar-refractivity contribution in [2.24, 2.45) is 0 Å². The van der Waals surface area contributed by atoms with Crippen LogP contribution in [0.1, 0.15) is 6.92 Å². The third-order valence-corrected chi connectivity index (χ3v) is 1.67. The van der Waals surface area contributed by atoms with Crippen molar-refractivity contribution in [1.29, 1.82) is 0 Å². The van der Waals surface area contributed by atoms with Crippen LogP contribution < -0.4 is 5.32 Å². The quantitative estimate of drug-likeness (QED) is 0.724. The summed E-state index contributed by atoms with van der Waals surface area (Å²) in [6, 6.07) is 1.81. The molecule has 0 aliphatic heterocycles. The summed E-state index contributed by atoms with van der Waals surface area (Å²) < 4.78 is 0. The lowest BCUT2D eigenvalue weighted by Gasteiger charge is -2.00. The summed E-state index contributed by atoms with van der Waals surface area (Å²) in [5.74, 6) is 0.117. The zero-order valence-corrected chi connectivity index (χ0v) is 7.56. The van der Waals surface area contributed by atoms with Gasteiger partial charge in [0, 0.05) is 24.7 Å². The molecule has 70 valence electrons. The van der Waals surface area contributed by atoms with E-state index in [-0.39, 0.29) is 5.91 Å². The Balaban J connectivity index is 2.46. The minimum absolute atomic E-state index is 0.187. The van der Waals surface area contributed by atoms with Crippen molar-refractivity contribution in [2.75, 3.05) is 5.32 Å². The van der Waals surface area contributed by atoms with Crippen molar-refractivity contribution >= 4 is 22.8 Å². The lowest BCUT2D eigenvalue weighted by atomic mass is 10.3. The van der Waals surface area contributed by atoms with Crippen LogP contribution in [0.2, 0.25) is 0 Å². The Morgan fingerprint density at radius 1 is 1.43 bits per heavy atom. The number of fused-ring (bicyclic) bond motifs is 1. The maximum atomic E-state index is 10.7. The van der Waals surface area contributed by atoms with Crippen LogP contribution in [0.3, 0.4) is 0 Å². The van der Waals surface area contributed by atoms with Crippen molar-refractivity contribution in [3.63, 3.8) is 0 Å². The number of carbonyl (C=O) groups excluding carboxylic acids is 1. The average Bonchev–Trinajstić information content (AvgIpc) is 2.17. The highest BCUT2D eigenvalue weighted by atomic mass is 16.1. The van der Waals surface area contributed by atoms with E-state index in [0.29, 0.717) is 11.5 Å². The lowest BCUT2D eigenvalue weighted by molar-refractivity contribution is -0.114. The molecule has 0 saturated heterocycles. The summed E-state index contributed by atoms with van der Waals surface area (Å²) >= 11 is 0. The van der Waals surface area contributed by atoms with Gasteiger partial charge >= 0.3 is 0 Å². The minimum atomic E-state index is -0.187. The molecule has 5 heteroatoms. The third kappa shape index (κ3) is 1.66. The summed E-state index contributed by atoms with van der Waals surface area (Å²) in [7, 11) is 0. The van der Waals surface area contributed by atoms with E-state index >= 15 is 0 Å². The van der Waals surface area contributed by atoms with Crippen LogP contribution in [0.25, 0.3) is 10.9 Å². The highest BCUT2D eigenvalue weighted by molar-refractivity contribution is 5.88. The van der Waals surface area contributed by atoms with E-state index in [0.717, 1.165) is 5.39 Å². The number of hydrogen-bond acceptors (Lipinski definition) is 4. The SMILES string of the molecule is CC(=O)Nc1ncc2ccncc2n1. The van der Waals surface area contributed by atoms with Gasteiger partial charge in [0.2, 0.25) is 11.9 Å². The second-order valence-corrected chi connectivity index (χ2v) is 2.81. The first-order chi connectivity index (χ1) is 6.75. The van der Waals surface area contributed by atoms with Crippen molar-refractivity contribution in [2.45, 2.75) is 6.92 Å². The van der Waals surface area contributed by atoms with Crippen molar-refractivity contribution in [3.05, 3.63) is 24.7 Å². The molecule has 0 aliphatic carbocycles. The standard InChI is InChI=1S/C9H8N4O/c1-6(14)12-9-11-4-7-2-3-10-5-8(7)13-9/h2-5H,1H3,(H,11,12,13,14). The number of nitrogens with zero attached hydrogens (tertiary/aromatic N) is 3. The Morgan fingerprint density at radius 3 is 3.07 bits per heavy atom. The molecule has 0 fully saturated rings. The predicted octanol–water partition coefficient (Wildman–Crippen LogP) is 0.983. The molecule has 2 heterocycles. The van der Waals surface area contributed by atoms with E-state index in [2.05, 4.69) is 20.3 Å². The molecule has 0 atom stereocenters. The van der Waals surface area contributed by atoms with Crippen LogP contribution in [-0.2, 0) is 4.79 Å². The van der Waals surface area contributed by atoms with E-state index in [1.807, 2.05) is 6.07 Å². The molecule has 0 aliphatic rings. The number of anilines is 1. The van der Waals surface area contributed by atoms with Crippen molar-refractivity contribution < 1.29 is 4.79 Å². The molecule has 2 aromatic heterocycles. The molecule has 5 nitrogen and oxygen atoms in total. The molecule has 2 aromatic rings. The van der Waals surface area contributed by atoms with Gasteiger partial charge in [-0.25, -0.2) is 9.97 Å². The van der Waals surface area contributed by atoms with Gasteiger partial charge in [-0.15, -0.1) is 0 Å². The number of pyridine rings is 1. The van der Waals surface area contributed by atoms with Gasteiger partial charge in [0.25, 0.3) is 0 Å². The van der Waals surface area contributed by atoms with Crippen LogP contribution in [-0.4, -0.2) is 20.9 Å². The highest BCUT2D eigenvalue weighted by Crippen LogP contribution is 2.09. The fourth-order valence-corrected chi connectivity index (χ4v) is 1.09. The van der Waals surface area contributed by atoms with Gasteiger partial charge < -0.3 is 0 Å². The Kier molecular flexibility index (Phi) is 2.06. The summed E-state index contributed by atoms with van der Waals surface area (Å²) in [6.07, 6.45) is 4.95. The molecule has 14 heavy (non-hydrogen) atoms. The number of rotatable bonds is 1. The first-order valence-corrected chi connectivity index (χ1v) is 4.10. The monoisotopic (exact) mass is 188 g/mol. The van der Waals surface area contributed by atoms with Crippen molar-refractivity contribution in [1.82, 2.24) is 15.0 Å². The number of carbonyl (C=O) groups is 1. The zero-order chi connectivity index (χ0) is 9.97. The molecule has 0 unspecified atom stereocenters. The first-order valence-electron chi connectivity index (χ1n) is 4.10. The number of amides is 1. The summed E-state index contributed by atoms with van der Waals surface area (Å²) in [6.45, 7) is 1.41. The average molecular weight is 188 g/mol. The first kappa shape index (κ1) is 8.55. The zero-order valence-electron chi connectivity index (χ0n) is 7.56. The van der Waals surface area contributed by atoms with Gasteiger partial charge in [0.1, 0.15) is 0 Å². The molecule has 0 bridgehead atoms. The van der Waals surface area contributed by atoms with Gasteiger partial charge in [-0.1, -0.05) is 0 Å². The van der Waals surface area contributed by atoms with Crippen LogP contribution in [0, 0.1) is 0 Å². The molecular formula is C9H8N4O. The van der Waals surface area contributed by atoms with Crippen molar-refractivity contribution in [3.8, 4) is 0 Å². The van der Waals surface area contributed by atoms with Gasteiger partial charge in [-0.3, -0.25) is 15.1 Å². The predicted molar refractivity (Wildman–Crippen MR) is 51.6 cm³/mol. The number of nitrogens with one attached hydrogen (secondary N) is 1. The van der Waals surface area contributed by atoms with E-state index in [9.17, 15) is 4.79 Å². The van der Waals surface area contributed by atoms with Crippen LogP contribution in [0.5, 0.6) is 0 Å². The summed E-state index contributed by atoms with van der Waals surface area (Å²) in [4.78, 5) is 22.8. The van der Waals surface area contributed by atoms with Crippen LogP contribution in [0.4, 0.5) is 5.95 Å². The maximum absolute atomic E-state index is 10.7. The fourth-order valence-electron chi connectivity index (χ4n) is 1.09. The molecule has 0 saturated carbocycles. The van der Waals surface area contributed by atoms with Crippen LogP contribution >= 0.6 is 0 Å². The lowest BCUT2D eigenvalue weighted by Crippen LogP contribution is -2.08. The molecule has 2 rings (SSSR count). The normalized spacial score (nSPS) is 10.1. The number of aromatic nitrogens is 3. The highest BCUT2D eigenvalue weighted by Gasteiger charge is 2.00. The topological polar surface area (TPSA) is 67.8 Å². The van der Waals surface area contributed by atoms with E-state index in [4.69, 9.17) is 0 Å². The second-order valence-electron chi connectivity index (χ2n) is 2.81. The third-order valence-electron chi connectivity index (χ3n) is 1.67. The molecule has 0 spiro atoms. The minimum Gasteiger partial charge on any atom is -0.295 e. The molecule has 1 N–H and O–H groups in total. The summed E-state index contributed by atoms with van der Waals surface area (Å²) in [5.41, 5.74) is 0.714. The maximum Gasteiger partial charge on any atom is 0.229 e. The Labute approximate surface area is 80.2 Å². The van der Waals surface area contributed by atoms with E-state index < -0.39 is 0 Å². The van der Waals surface area contributed by atoms with Gasteiger partial charge in [0.15, 0.2) is 0 Å². The molecule has 0 radical (unpaired) electrons. The van der Waals surface area contributed by atoms with Gasteiger partial charge in [0.05, 0.1) is 11.7 Å². The summed E-state index contributed by atoms with van der Waals surface area (Å²) in [5, 5.41) is 3.41. The van der Waals surface area contributed by atoms with Gasteiger partial charge in [-0.2, -0.15) is 0 Å². The van der Waals surface area contributed by atoms with Gasteiger partial charge in [-0.05, 0) is 6.07 Å². The molecular weight excluding hydrogens is 180 g/mol. The largest absolute Gasteiger partial charge is 0.295 e. The second kappa shape index (κ2) is 3.37. The molecule has 1 amide bonds. The van der Waals surface area contributed by atoms with E-state index in [1.54, 1.807) is 18.6 Å². The Hall–Kier alpha value is -2.04. The van der Waals surface area contributed by atoms with E-state index in [1.165, 1.54) is 6.92 Å². The number of hydrogen-bond donors (Lipinski definition) is 1. The fraction of sp³-hybridized carbons (Fsp3) is 0.111.